The molecule has 0 aliphatic heterocycles. The fraction of sp³-hybridized carbons (Fsp3) is 0.467. The van der Waals surface area contributed by atoms with Crippen molar-refractivity contribution in [2.24, 2.45) is 10.9 Å². The van der Waals surface area contributed by atoms with Gasteiger partial charge in [-0.1, -0.05) is 44.2 Å². The van der Waals surface area contributed by atoms with Gasteiger partial charge in [-0.05, 0) is 12.8 Å². The van der Waals surface area contributed by atoms with Crippen LogP contribution in [0.2, 0.25) is 0 Å². The molecule has 1 rings (SSSR count). The van der Waals surface area contributed by atoms with E-state index >= 15 is 0 Å². The predicted molar refractivity (Wildman–Crippen MR) is 76.0 cm³/mol. The zero-order valence-corrected chi connectivity index (χ0v) is 11.7. The van der Waals surface area contributed by atoms with Gasteiger partial charge in [0.15, 0.2) is 0 Å². The van der Waals surface area contributed by atoms with Crippen molar-refractivity contribution in [2.75, 3.05) is 20.1 Å². The van der Waals surface area contributed by atoms with Crippen LogP contribution in [0.15, 0.2) is 35.3 Å². The van der Waals surface area contributed by atoms with Crippen molar-refractivity contribution in [3.05, 3.63) is 35.9 Å². The number of amidine groups is 1. The van der Waals surface area contributed by atoms with E-state index in [0.29, 0.717) is 12.5 Å². The predicted octanol–water partition coefficient (Wildman–Crippen LogP) is 2.61. The minimum absolute atomic E-state index is 0.144. The number of carbonyl (C=O) groups excluding carboxylic acids is 1. The van der Waals surface area contributed by atoms with Gasteiger partial charge in [0.1, 0.15) is 11.6 Å². The number of benzene rings is 1. The van der Waals surface area contributed by atoms with Gasteiger partial charge in [-0.25, -0.2) is 0 Å². The first-order valence-corrected chi connectivity index (χ1v) is 6.31. The van der Waals surface area contributed by atoms with Crippen LogP contribution < -0.4 is 0 Å². The zero-order chi connectivity index (χ0) is 13.5. The maximum absolute atomic E-state index is 11.2. The van der Waals surface area contributed by atoms with Crippen LogP contribution in [0.5, 0.6) is 0 Å². The van der Waals surface area contributed by atoms with Crippen LogP contribution >= 0.6 is 0 Å². The van der Waals surface area contributed by atoms with E-state index in [2.05, 4.69) is 18.8 Å². The normalized spacial score (nSPS) is 11.7. The van der Waals surface area contributed by atoms with Gasteiger partial charge in [0.2, 0.25) is 0 Å². The minimum Gasteiger partial charge on any atom is -0.352 e. The van der Waals surface area contributed by atoms with Gasteiger partial charge < -0.3 is 4.90 Å². The number of ketones is 1. The lowest BCUT2D eigenvalue weighted by atomic mass is 10.1. The molecule has 1 aromatic carbocycles. The molecular weight excluding hydrogens is 224 g/mol. The number of rotatable bonds is 5. The highest BCUT2D eigenvalue weighted by Gasteiger charge is 2.10. The second-order valence-electron chi connectivity index (χ2n) is 4.98. The third-order valence-electron chi connectivity index (χ3n) is 2.46. The summed E-state index contributed by atoms with van der Waals surface area (Å²) in [5.41, 5.74) is 1.06. The molecule has 0 amide bonds. The molecule has 3 heteroatoms. The summed E-state index contributed by atoms with van der Waals surface area (Å²) in [7, 11) is 1.91. The largest absolute Gasteiger partial charge is 0.352 e. The number of Topliss-reactive ketones (excluding diaryl/α,β-unsaturated/α-hetero) is 1. The Kier molecular flexibility index (Phi) is 5.56. The topological polar surface area (TPSA) is 32.7 Å². The summed E-state index contributed by atoms with van der Waals surface area (Å²) >= 11 is 0. The van der Waals surface area contributed by atoms with Gasteiger partial charge in [0, 0.05) is 19.2 Å². The average molecular weight is 246 g/mol. The second-order valence-corrected chi connectivity index (χ2v) is 4.98. The Hall–Kier alpha value is -1.64. The average Bonchev–Trinajstić information content (AvgIpc) is 2.29. The van der Waals surface area contributed by atoms with Crippen LogP contribution in [0, 0.1) is 5.92 Å². The van der Waals surface area contributed by atoms with E-state index in [1.807, 2.05) is 42.3 Å². The Morgan fingerprint density at radius 2 is 1.89 bits per heavy atom. The van der Waals surface area contributed by atoms with E-state index in [-0.39, 0.29) is 5.78 Å². The standard InChI is InChI=1S/C15H22N2O/c1-12(2)10-16-15(17(4)11-13(3)18)14-8-6-5-7-9-14/h5-9,12H,10-11H2,1-4H3. The lowest BCUT2D eigenvalue weighted by Gasteiger charge is -2.20. The molecule has 0 saturated carbocycles. The highest BCUT2D eigenvalue weighted by molar-refractivity contribution is 6.00. The SMILES string of the molecule is CC(=O)CN(C)C(=NCC(C)C)c1ccccc1. The van der Waals surface area contributed by atoms with E-state index in [1.165, 1.54) is 0 Å². The van der Waals surface area contributed by atoms with Crippen molar-refractivity contribution in [1.82, 2.24) is 4.90 Å². The van der Waals surface area contributed by atoms with Gasteiger partial charge in [0.25, 0.3) is 0 Å². The summed E-state index contributed by atoms with van der Waals surface area (Å²) in [5, 5.41) is 0. The fourth-order valence-corrected chi connectivity index (χ4v) is 1.70. The van der Waals surface area contributed by atoms with E-state index in [1.54, 1.807) is 6.92 Å². The van der Waals surface area contributed by atoms with Gasteiger partial charge in [-0.2, -0.15) is 0 Å². The molecule has 0 heterocycles. The monoisotopic (exact) mass is 246 g/mol. The molecule has 0 aliphatic carbocycles. The molecule has 0 N–H and O–H groups in total. The third kappa shape index (κ3) is 4.70. The van der Waals surface area contributed by atoms with Crippen molar-refractivity contribution in [3.8, 4) is 0 Å². The molecule has 0 spiro atoms. The van der Waals surface area contributed by atoms with E-state index in [0.717, 1.165) is 17.9 Å². The molecule has 0 radical (unpaired) electrons. The molecule has 0 aromatic heterocycles. The van der Waals surface area contributed by atoms with Crippen LogP contribution in [0.4, 0.5) is 0 Å². The summed E-state index contributed by atoms with van der Waals surface area (Å²) in [6.45, 7) is 7.04. The van der Waals surface area contributed by atoms with Crippen molar-refractivity contribution in [2.45, 2.75) is 20.8 Å². The lowest BCUT2D eigenvalue weighted by molar-refractivity contribution is -0.117. The molecule has 0 fully saturated rings. The molecule has 1 aromatic rings. The Balaban J connectivity index is 2.95. The summed E-state index contributed by atoms with van der Waals surface area (Å²) < 4.78 is 0. The number of likely N-dealkylation sites (N-methyl/N-ethyl adjacent to an activating group) is 1. The number of hydrogen-bond acceptors (Lipinski definition) is 2. The molecule has 0 bridgehead atoms. The number of aliphatic imine (C=N–C) groups is 1. The number of nitrogens with zero attached hydrogens (tertiary/aromatic N) is 2. The second kappa shape index (κ2) is 6.94. The van der Waals surface area contributed by atoms with Crippen LogP contribution in [0.25, 0.3) is 0 Å². The fourth-order valence-electron chi connectivity index (χ4n) is 1.70. The van der Waals surface area contributed by atoms with Crippen molar-refractivity contribution >= 4 is 11.6 Å². The Labute approximate surface area is 110 Å². The van der Waals surface area contributed by atoms with Crippen molar-refractivity contribution < 1.29 is 4.79 Å². The summed E-state index contributed by atoms with van der Waals surface area (Å²) in [6.07, 6.45) is 0. The smallest absolute Gasteiger partial charge is 0.149 e. The minimum atomic E-state index is 0.144. The molecular formula is C15H22N2O. The first-order chi connectivity index (χ1) is 8.50. The van der Waals surface area contributed by atoms with Gasteiger partial charge >= 0.3 is 0 Å². The van der Waals surface area contributed by atoms with Crippen molar-refractivity contribution in [1.29, 1.82) is 0 Å². The number of carbonyl (C=O) groups is 1. The number of hydrogen-bond donors (Lipinski definition) is 0. The Bertz CT molecular complexity index is 410. The first kappa shape index (κ1) is 14.4. The quantitative estimate of drug-likeness (QED) is 0.591. The van der Waals surface area contributed by atoms with Crippen LogP contribution in [-0.4, -0.2) is 36.7 Å². The van der Waals surface area contributed by atoms with Gasteiger partial charge in [0.05, 0.1) is 6.54 Å². The molecule has 18 heavy (non-hydrogen) atoms. The van der Waals surface area contributed by atoms with E-state index < -0.39 is 0 Å². The molecule has 0 aliphatic rings. The highest BCUT2D eigenvalue weighted by Crippen LogP contribution is 2.06. The van der Waals surface area contributed by atoms with Crippen LogP contribution in [0.1, 0.15) is 26.3 Å². The maximum atomic E-state index is 11.2. The summed E-state index contributed by atoms with van der Waals surface area (Å²) in [5.74, 6) is 1.54. The molecule has 3 nitrogen and oxygen atoms in total. The Morgan fingerprint density at radius 1 is 1.28 bits per heavy atom. The van der Waals surface area contributed by atoms with Gasteiger partial charge in [-0.3, -0.25) is 9.79 Å². The molecule has 0 unspecified atom stereocenters. The summed E-state index contributed by atoms with van der Waals surface area (Å²) in [4.78, 5) is 17.8. The van der Waals surface area contributed by atoms with Crippen LogP contribution in [-0.2, 0) is 4.79 Å². The molecule has 0 atom stereocenters. The maximum Gasteiger partial charge on any atom is 0.149 e. The Morgan fingerprint density at radius 3 is 2.39 bits per heavy atom. The van der Waals surface area contributed by atoms with Crippen LogP contribution in [0.3, 0.4) is 0 Å². The molecule has 98 valence electrons. The highest BCUT2D eigenvalue weighted by atomic mass is 16.1. The lowest BCUT2D eigenvalue weighted by Crippen LogP contribution is -2.32. The van der Waals surface area contributed by atoms with E-state index in [9.17, 15) is 4.79 Å². The van der Waals surface area contributed by atoms with Gasteiger partial charge in [-0.15, -0.1) is 0 Å². The zero-order valence-electron chi connectivity index (χ0n) is 11.7. The first-order valence-electron chi connectivity index (χ1n) is 6.31. The third-order valence-corrected chi connectivity index (χ3v) is 2.46. The van der Waals surface area contributed by atoms with Crippen molar-refractivity contribution in [3.63, 3.8) is 0 Å². The summed E-state index contributed by atoms with van der Waals surface area (Å²) in [6, 6.07) is 10.0. The van der Waals surface area contributed by atoms with E-state index in [4.69, 9.17) is 0 Å². The molecule has 0 saturated heterocycles.